The Morgan fingerprint density at radius 1 is 1.32 bits per heavy atom. The Hall–Kier alpha value is -2.09. The molecule has 1 unspecified atom stereocenters. The third-order valence-electron chi connectivity index (χ3n) is 5.70. The van der Waals surface area contributed by atoms with Crippen molar-refractivity contribution in [3.8, 4) is 10.4 Å². The smallest absolute Gasteiger partial charge is 0.238 e. The van der Waals surface area contributed by atoms with Gasteiger partial charge in [-0.2, -0.15) is 0 Å². The minimum absolute atomic E-state index is 0.0000289. The number of rotatable bonds is 6. The number of ketones is 1. The van der Waals surface area contributed by atoms with Crippen LogP contribution < -0.4 is 16.4 Å². The second-order valence-corrected chi connectivity index (χ2v) is 8.84. The molecule has 28 heavy (non-hydrogen) atoms. The van der Waals surface area contributed by atoms with E-state index in [4.69, 9.17) is 5.73 Å². The molecule has 1 aliphatic heterocycles. The van der Waals surface area contributed by atoms with Gasteiger partial charge in [-0.05, 0) is 61.4 Å². The van der Waals surface area contributed by atoms with Crippen LogP contribution in [0.5, 0.6) is 0 Å². The number of piperidine rings is 1. The molecule has 0 radical (unpaired) electrons. The minimum Gasteiger partial charge on any atom is -0.339 e. The molecule has 7 heteroatoms. The second-order valence-electron chi connectivity index (χ2n) is 7.76. The highest BCUT2D eigenvalue weighted by atomic mass is 32.1. The maximum absolute atomic E-state index is 14.6. The van der Waals surface area contributed by atoms with Gasteiger partial charge in [0.15, 0.2) is 5.78 Å². The monoisotopic (exact) mass is 401 g/mol. The van der Waals surface area contributed by atoms with Crippen LogP contribution in [0.3, 0.4) is 0 Å². The zero-order valence-corrected chi connectivity index (χ0v) is 16.5. The molecule has 1 aliphatic carbocycles. The summed E-state index contributed by atoms with van der Waals surface area (Å²) in [6, 6.07) is 8.82. The van der Waals surface area contributed by atoms with Gasteiger partial charge in [0.25, 0.3) is 0 Å². The Balaban J connectivity index is 1.38. The fraction of sp³-hybridized carbons (Fsp3) is 0.429. The summed E-state index contributed by atoms with van der Waals surface area (Å²) in [4.78, 5) is 25.4. The largest absolute Gasteiger partial charge is 0.339 e. The van der Waals surface area contributed by atoms with Gasteiger partial charge in [0.05, 0.1) is 17.1 Å². The number of Topliss-reactive ketones (excluding diaryl/α,β-unsaturated/α-hetero) is 1. The van der Waals surface area contributed by atoms with E-state index in [0.29, 0.717) is 22.4 Å². The molecule has 2 aromatic rings. The molecule has 1 saturated heterocycles. The highest BCUT2D eigenvalue weighted by Crippen LogP contribution is 2.35. The Labute approximate surface area is 167 Å². The Morgan fingerprint density at radius 3 is 2.75 bits per heavy atom. The van der Waals surface area contributed by atoms with E-state index in [0.717, 1.165) is 29.7 Å². The number of carbonyl (C=O) groups is 2. The predicted molar refractivity (Wildman–Crippen MR) is 108 cm³/mol. The number of benzene rings is 1. The predicted octanol–water partition coefficient (Wildman–Crippen LogP) is 2.84. The number of halogens is 1. The highest BCUT2D eigenvalue weighted by Gasteiger charge is 2.42. The first-order valence-corrected chi connectivity index (χ1v) is 10.4. The standard InChI is InChI=1S/C21H24FN3O2S/c1-11(26)17-6-7-18(28-17)13-3-2-12(16(22)9-13)10-19(23)25-21(27)20-14-4-5-15(8-14)24-20/h2-3,6-7,9,14-15,19-20,24H,4-5,8,10,23H2,1H3,(H,25,27)/t14-,15+,19?,20-/m0/s1. The summed E-state index contributed by atoms with van der Waals surface area (Å²) in [6.07, 6.45) is 2.85. The van der Waals surface area contributed by atoms with E-state index in [1.807, 2.05) is 12.1 Å². The number of carbonyl (C=O) groups excluding carboxylic acids is 2. The van der Waals surface area contributed by atoms with Gasteiger partial charge in [0, 0.05) is 17.3 Å². The molecule has 5 nitrogen and oxygen atoms in total. The molecule has 1 saturated carbocycles. The third-order valence-corrected chi connectivity index (χ3v) is 6.94. The summed E-state index contributed by atoms with van der Waals surface area (Å²) >= 11 is 1.35. The van der Waals surface area contributed by atoms with Crippen molar-refractivity contribution in [2.75, 3.05) is 0 Å². The Morgan fingerprint density at radius 2 is 2.14 bits per heavy atom. The second kappa shape index (κ2) is 7.73. The number of hydrogen-bond acceptors (Lipinski definition) is 5. The third kappa shape index (κ3) is 3.87. The van der Waals surface area contributed by atoms with Crippen LogP contribution in [0.1, 0.15) is 41.4 Å². The van der Waals surface area contributed by atoms with Gasteiger partial charge in [0.1, 0.15) is 5.82 Å². The maximum atomic E-state index is 14.6. The summed E-state index contributed by atoms with van der Waals surface area (Å²) < 4.78 is 14.6. The van der Waals surface area contributed by atoms with Gasteiger partial charge in [-0.3, -0.25) is 9.59 Å². The van der Waals surface area contributed by atoms with Gasteiger partial charge in [-0.15, -0.1) is 11.3 Å². The molecule has 0 spiro atoms. The molecule has 1 aromatic carbocycles. The van der Waals surface area contributed by atoms with E-state index in [1.165, 1.54) is 24.3 Å². The van der Waals surface area contributed by atoms with Crippen LogP contribution in [-0.4, -0.2) is 29.9 Å². The number of hydrogen-bond donors (Lipinski definition) is 3. The van der Waals surface area contributed by atoms with Crippen molar-refractivity contribution in [2.45, 2.75) is 50.9 Å². The number of fused-ring (bicyclic) bond motifs is 2. The average Bonchev–Trinajstić information content (AvgIpc) is 3.39. The van der Waals surface area contributed by atoms with Crippen molar-refractivity contribution in [3.05, 3.63) is 46.6 Å². The minimum atomic E-state index is -0.639. The maximum Gasteiger partial charge on any atom is 0.238 e. The molecule has 2 heterocycles. The molecule has 148 valence electrons. The first kappa shape index (κ1) is 19.2. The summed E-state index contributed by atoms with van der Waals surface area (Å²) in [5, 5.41) is 6.16. The molecule has 4 N–H and O–H groups in total. The van der Waals surface area contributed by atoms with Crippen molar-refractivity contribution < 1.29 is 14.0 Å². The summed E-state index contributed by atoms with van der Waals surface area (Å²) in [5.41, 5.74) is 7.25. The Kier molecular flexibility index (Phi) is 5.31. The first-order chi connectivity index (χ1) is 13.4. The molecule has 2 fully saturated rings. The Bertz CT molecular complexity index is 913. The van der Waals surface area contributed by atoms with E-state index >= 15 is 0 Å². The van der Waals surface area contributed by atoms with Crippen LogP contribution in [0.15, 0.2) is 30.3 Å². The van der Waals surface area contributed by atoms with E-state index in [-0.39, 0.29) is 30.0 Å². The van der Waals surface area contributed by atoms with E-state index < -0.39 is 6.17 Å². The van der Waals surface area contributed by atoms with Crippen molar-refractivity contribution in [2.24, 2.45) is 11.7 Å². The van der Waals surface area contributed by atoms with Crippen molar-refractivity contribution in [1.29, 1.82) is 0 Å². The van der Waals surface area contributed by atoms with E-state index in [1.54, 1.807) is 12.1 Å². The summed E-state index contributed by atoms with van der Waals surface area (Å²) in [7, 11) is 0. The number of nitrogens with two attached hydrogens (primary N) is 1. The van der Waals surface area contributed by atoms with E-state index in [2.05, 4.69) is 10.6 Å². The molecular formula is C21H24FN3O2S. The molecule has 4 rings (SSSR count). The lowest BCUT2D eigenvalue weighted by molar-refractivity contribution is -0.124. The van der Waals surface area contributed by atoms with Crippen molar-refractivity contribution in [1.82, 2.24) is 10.6 Å². The van der Waals surface area contributed by atoms with Crippen molar-refractivity contribution in [3.63, 3.8) is 0 Å². The van der Waals surface area contributed by atoms with Crippen LogP contribution in [0.2, 0.25) is 0 Å². The number of thiophene rings is 1. The van der Waals surface area contributed by atoms with Crippen LogP contribution in [0.25, 0.3) is 10.4 Å². The topological polar surface area (TPSA) is 84.2 Å². The summed E-state index contributed by atoms with van der Waals surface area (Å²) in [6.45, 7) is 1.52. The van der Waals surface area contributed by atoms with Crippen LogP contribution in [0, 0.1) is 11.7 Å². The van der Waals surface area contributed by atoms with Gasteiger partial charge in [-0.25, -0.2) is 4.39 Å². The lowest BCUT2D eigenvalue weighted by Gasteiger charge is -2.24. The normalized spacial score (nSPS) is 24.3. The zero-order valence-electron chi connectivity index (χ0n) is 15.7. The lowest BCUT2D eigenvalue weighted by Crippen LogP contribution is -2.53. The fourth-order valence-electron chi connectivity index (χ4n) is 4.26. The van der Waals surface area contributed by atoms with Gasteiger partial charge in [0.2, 0.25) is 5.91 Å². The molecule has 4 atom stereocenters. The van der Waals surface area contributed by atoms with Gasteiger partial charge >= 0.3 is 0 Å². The SMILES string of the molecule is CC(=O)c1ccc(-c2ccc(CC(N)NC(=O)[C@H]3N[C@@H]4CC[C@H]3C4)c(F)c2)s1. The van der Waals surface area contributed by atoms with Crippen LogP contribution in [0.4, 0.5) is 4.39 Å². The van der Waals surface area contributed by atoms with Crippen molar-refractivity contribution >= 4 is 23.0 Å². The molecule has 1 amide bonds. The molecule has 2 aliphatic rings. The lowest BCUT2D eigenvalue weighted by atomic mass is 9.99. The quantitative estimate of drug-likeness (QED) is 0.513. The molecular weight excluding hydrogens is 377 g/mol. The first-order valence-electron chi connectivity index (χ1n) is 9.62. The summed E-state index contributed by atoms with van der Waals surface area (Å²) in [5.74, 6) is -0.0657. The number of amides is 1. The van der Waals surface area contributed by atoms with E-state index in [9.17, 15) is 14.0 Å². The van der Waals surface area contributed by atoms with Gasteiger partial charge in [-0.1, -0.05) is 12.1 Å². The van der Waals surface area contributed by atoms with Crippen LogP contribution in [-0.2, 0) is 11.2 Å². The highest BCUT2D eigenvalue weighted by molar-refractivity contribution is 7.17. The zero-order chi connectivity index (χ0) is 19.8. The van der Waals surface area contributed by atoms with Gasteiger partial charge < -0.3 is 16.4 Å². The fourth-order valence-corrected chi connectivity index (χ4v) is 5.16. The van der Waals surface area contributed by atoms with Crippen LogP contribution >= 0.6 is 11.3 Å². The number of nitrogens with one attached hydrogen (secondary N) is 2. The molecule has 1 aromatic heterocycles. The molecule has 2 bridgehead atoms. The average molecular weight is 402 g/mol.